The van der Waals surface area contributed by atoms with Gasteiger partial charge in [-0.2, -0.15) is 0 Å². The maximum absolute atomic E-state index is 3.72. The minimum absolute atomic E-state index is 1.07. The van der Waals surface area contributed by atoms with Gasteiger partial charge in [-0.05, 0) is 13.8 Å². The first-order chi connectivity index (χ1) is 3.66. The second-order valence-electron chi connectivity index (χ2n) is 1.94. The van der Waals surface area contributed by atoms with Crippen molar-refractivity contribution in [2.75, 3.05) is 0 Å². The second kappa shape index (κ2) is 3.25. The van der Waals surface area contributed by atoms with Gasteiger partial charge in [0.15, 0.2) is 0 Å². The second-order valence-corrected chi connectivity index (χ2v) is 1.94. The summed E-state index contributed by atoms with van der Waals surface area (Å²) in [7, 11) is 0. The predicted octanol–water partition coefficient (Wildman–Crippen LogP) is 2.69. The molecule has 0 heteroatoms. The summed E-state index contributed by atoms with van der Waals surface area (Å²) in [5.41, 5.74) is 2.24. The van der Waals surface area contributed by atoms with Gasteiger partial charge < -0.3 is 0 Å². The molecule has 0 unspecified atom stereocenters. The Balaban J connectivity index is 3.94. The molecule has 0 N–H and O–H groups in total. The summed E-state index contributed by atoms with van der Waals surface area (Å²) in [6, 6.07) is 0. The first-order valence-electron chi connectivity index (χ1n) is 2.63. The van der Waals surface area contributed by atoms with Crippen LogP contribution in [0.5, 0.6) is 0 Å². The van der Waals surface area contributed by atoms with E-state index in [0.717, 1.165) is 11.1 Å². The van der Waals surface area contributed by atoms with Gasteiger partial charge in [-0.3, -0.25) is 0 Å². The largest absolute Gasteiger partial charge is 0.0988 e. The smallest absolute Gasteiger partial charge is 0.0398 e. The van der Waals surface area contributed by atoms with Gasteiger partial charge in [0.25, 0.3) is 0 Å². The van der Waals surface area contributed by atoms with Crippen LogP contribution in [0, 0.1) is 0 Å². The van der Waals surface area contributed by atoms with Gasteiger partial charge in [-0.25, -0.2) is 0 Å². The molecule has 0 fully saturated rings. The summed E-state index contributed by atoms with van der Waals surface area (Å²) in [6.07, 6.45) is 3.81. The SMILES string of the molecule is C=CC(C)=CC(=C)C. The van der Waals surface area contributed by atoms with E-state index in [9.17, 15) is 0 Å². The van der Waals surface area contributed by atoms with Crippen molar-refractivity contribution < 1.29 is 0 Å². The highest BCUT2D eigenvalue weighted by molar-refractivity contribution is 5.23. The van der Waals surface area contributed by atoms with E-state index in [-0.39, 0.29) is 0 Å². The van der Waals surface area contributed by atoms with Gasteiger partial charge >= 0.3 is 0 Å². The van der Waals surface area contributed by atoms with Crippen LogP contribution in [0.3, 0.4) is 0 Å². The molecule has 0 radical (unpaired) electrons. The summed E-state index contributed by atoms with van der Waals surface area (Å²) in [5, 5.41) is 0. The number of allylic oxidation sites excluding steroid dienone is 4. The molecular formula is C8H12. The van der Waals surface area contributed by atoms with E-state index < -0.39 is 0 Å². The third-order valence-electron chi connectivity index (χ3n) is 0.796. The lowest BCUT2D eigenvalue weighted by atomic mass is 10.2. The quantitative estimate of drug-likeness (QED) is 0.477. The van der Waals surface area contributed by atoms with Crippen LogP contribution in [0.25, 0.3) is 0 Å². The van der Waals surface area contributed by atoms with Crippen LogP contribution in [0.1, 0.15) is 13.8 Å². The van der Waals surface area contributed by atoms with Gasteiger partial charge in [0.2, 0.25) is 0 Å². The highest BCUT2D eigenvalue weighted by Gasteiger charge is 1.76. The molecule has 0 aromatic heterocycles. The molecule has 0 heterocycles. The van der Waals surface area contributed by atoms with Gasteiger partial charge in [0, 0.05) is 0 Å². The van der Waals surface area contributed by atoms with Crippen LogP contribution < -0.4 is 0 Å². The molecule has 0 aliphatic heterocycles. The molecule has 0 aliphatic rings. The fraction of sp³-hybridized carbons (Fsp3) is 0.250. The molecule has 0 aliphatic carbocycles. The highest BCUT2D eigenvalue weighted by atomic mass is 13.8. The Morgan fingerprint density at radius 2 is 1.88 bits per heavy atom. The van der Waals surface area contributed by atoms with Crippen molar-refractivity contribution in [2.24, 2.45) is 0 Å². The van der Waals surface area contributed by atoms with Crippen molar-refractivity contribution in [1.82, 2.24) is 0 Å². The van der Waals surface area contributed by atoms with Gasteiger partial charge in [-0.1, -0.05) is 36.5 Å². The summed E-state index contributed by atoms with van der Waals surface area (Å²) in [4.78, 5) is 0. The molecule has 0 nitrogen and oxygen atoms in total. The lowest BCUT2D eigenvalue weighted by Crippen LogP contribution is -1.66. The topological polar surface area (TPSA) is 0 Å². The average Bonchev–Trinajstić information content (AvgIpc) is 1.65. The van der Waals surface area contributed by atoms with E-state index in [1.165, 1.54) is 0 Å². The number of hydrogen-bond donors (Lipinski definition) is 0. The molecule has 0 spiro atoms. The monoisotopic (exact) mass is 108 g/mol. The molecule has 0 rings (SSSR count). The van der Waals surface area contributed by atoms with Crippen molar-refractivity contribution in [3.63, 3.8) is 0 Å². The van der Waals surface area contributed by atoms with E-state index in [2.05, 4.69) is 13.2 Å². The van der Waals surface area contributed by atoms with Crippen molar-refractivity contribution in [2.45, 2.75) is 13.8 Å². The van der Waals surface area contributed by atoms with Crippen molar-refractivity contribution in [3.05, 3.63) is 36.5 Å². The molecule has 0 bridgehead atoms. The third-order valence-corrected chi connectivity index (χ3v) is 0.796. The molecule has 0 aromatic rings. The molecule has 44 valence electrons. The van der Waals surface area contributed by atoms with Crippen molar-refractivity contribution >= 4 is 0 Å². The summed E-state index contributed by atoms with van der Waals surface area (Å²) < 4.78 is 0. The standard InChI is InChI=1S/C8H12/c1-5-8(4)6-7(2)3/h5-6H,1-2H2,3-4H3. The first-order valence-corrected chi connectivity index (χ1v) is 2.63. The van der Waals surface area contributed by atoms with Crippen molar-refractivity contribution in [3.8, 4) is 0 Å². The number of hydrogen-bond acceptors (Lipinski definition) is 0. The summed E-state index contributed by atoms with van der Waals surface area (Å²) >= 11 is 0. The molecule has 0 aromatic carbocycles. The van der Waals surface area contributed by atoms with Crippen LogP contribution >= 0.6 is 0 Å². The van der Waals surface area contributed by atoms with Crippen LogP contribution in [0.4, 0.5) is 0 Å². The van der Waals surface area contributed by atoms with Crippen LogP contribution in [0.15, 0.2) is 36.5 Å². The Bertz CT molecular complexity index is 127. The van der Waals surface area contributed by atoms with E-state index in [1.807, 2.05) is 26.0 Å². The average molecular weight is 108 g/mol. The van der Waals surface area contributed by atoms with Crippen LogP contribution in [-0.2, 0) is 0 Å². The highest BCUT2D eigenvalue weighted by Crippen LogP contribution is 1.97. The van der Waals surface area contributed by atoms with E-state index in [4.69, 9.17) is 0 Å². The maximum atomic E-state index is 3.72. The van der Waals surface area contributed by atoms with Gasteiger partial charge in [0.05, 0.1) is 0 Å². The third kappa shape index (κ3) is 3.41. The molecule has 0 atom stereocenters. The molecule has 8 heavy (non-hydrogen) atoms. The Kier molecular flexibility index (Phi) is 2.93. The fourth-order valence-electron chi connectivity index (χ4n) is 0.448. The Labute approximate surface area is 51.2 Å². The fourth-order valence-corrected chi connectivity index (χ4v) is 0.448. The normalized spacial score (nSPS) is 11.0. The van der Waals surface area contributed by atoms with Gasteiger partial charge in [0.1, 0.15) is 0 Å². The minimum atomic E-state index is 1.07. The molecular weight excluding hydrogens is 96.1 g/mol. The maximum Gasteiger partial charge on any atom is -0.0398 e. The zero-order chi connectivity index (χ0) is 6.57. The number of rotatable bonds is 2. The zero-order valence-electron chi connectivity index (χ0n) is 5.57. The summed E-state index contributed by atoms with van der Waals surface area (Å²) in [6.45, 7) is 11.3. The Morgan fingerprint density at radius 3 is 2.00 bits per heavy atom. The van der Waals surface area contributed by atoms with Crippen LogP contribution in [0.2, 0.25) is 0 Å². The van der Waals surface area contributed by atoms with E-state index in [1.54, 1.807) is 0 Å². The zero-order valence-corrected chi connectivity index (χ0v) is 5.57. The Hall–Kier alpha value is -0.780. The molecule has 0 amide bonds. The van der Waals surface area contributed by atoms with Gasteiger partial charge in [-0.15, -0.1) is 0 Å². The predicted molar refractivity (Wildman–Crippen MR) is 38.8 cm³/mol. The van der Waals surface area contributed by atoms with Crippen molar-refractivity contribution in [1.29, 1.82) is 0 Å². The molecule has 0 saturated heterocycles. The van der Waals surface area contributed by atoms with E-state index >= 15 is 0 Å². The minimum Gasteiger partial charge on any atom is -0.0988 e. The Morgan fingerprint density at radius 1 is 1.38 bits per heavy atom. The van der Waals surface area contributed by atoms with Crippen LogP contribution in [-0.4, -0.2) is 0 Å². The molecule has 0 saturated carbocycles. The van der Waals surface area contributed by atoms with E-state index in [0.29, 0.717) is 0 Å². The lowest BCUT2D eigenvalue weighted by molar-refractivity contribution is 1.46. The lowest BCUT2D eigenvalue weighted by Gasteiger charge is -1.87. The summed E-state index contributed by atoms with van der Waals surface area (Å²) in [5.74, 6) is 0. The first kappa shape index (κ1) is 7.22.